The van der Waals surface area contributed by atoms with Crippen molar-refractivity contribution in [2.45, 2.75) is 49.3 Å². The molecule has 0 aromatic heterocycles. The summed E-state index contributed by atoms with van der Waals surface area (Å²) >= 11 is 0. The normalized spacial score (nSPS) is 32.8. The highest BCUT2D eigenvalue weighted by Crippen LogP contribution is 2.53. The van der Waals surface area contributed by atoms with Gasteiger partial charge in [-0.1, -0.05) is 48.5 Å². The van der Waals surface area contributed by atoms with E-state index in [1.165, 1.54) is 35.1 Å². The van der Waals surface area contributed by atoms with Crippen molar-refractivity contribution >= 4 is 0 Å². The van der Waals surface area contributed by atoms with Crippen LogP contribution in [0.3, 0.4) is 0 Å². The van der Waals surface area contributed by atoms with E-state index in [4.69, 9.17) is 0 Å². The Morgan fingerprint density at radius 3 is 1.86 bits per heavy atom. The maximum atomic E-state index is 11.6. The lowest BCUT2D eigenvalue weighted by Crippen LogP contribution is -2.51. The molecule has 0 radical (unpaired) electrons. The lowest BCUT2D eigenvalue weighted by Gasteiger charge is -2.42. The zero-order valence-electron chi connectivity index (χ0n) is 12.6. The van der Waals surface area contributed by atoms with E-state index in [0.29, 0.717) is 12.1 Å². The van der Waals surface area contributed by atoms with Crippen LogP contribution in [0, 0.1) is 0 Å². The Bertz CT molecular complexity index is 680. The molecule has 2 atom stereocenters. The highest BCUT2D eigenvalue weighted by atomic mass is 16.3. The number of hydrogen-bond donors (Lipinski definition) is 2. The molecule has 2 aliphatic heterocycles. The molecule has 2 N–H and O–H groups in total. The SMILES string of the molecule is OC1(C2c3ccccc3-c3ccccc32)CC2CCC(C1)N2. The predicted molar refractivity (Wildman–Crippen MR) is 87.9 cm³/mol. The largest absolute Gasteiger partial charge is 0.389 e. The molecule has 2 fully saturated rings. The van der Waals surface area contributed by atoms with Gasteiger partial charge < -0.3 is 10.4 Å². The van der Waals surface area contributed by atoms with Crippen molar-refractivity contribution in [3.05, 3.63) is 59.7 Å². The zero-order chi connectivity index (χ0) is 14.7. The van der Waals surface area contributed by atoms with Crippen LogP contribution in [-0.2, 0) is 0 Å². The van der Waals surface area contributed by atoms with E-state index < -0.39 is 5.60 Å². The summed E-state index contributed by atoms with van der Waals surface area (Å²) in [7, 11) is 0. The topological polar surface area (TPSA) is 32.3 Å². The van der Waals surface area contributed by atoms with Crippen molar-refractivity contribution in [2.24, 2.45) is 0 Å². The monoisotopic (exact) mass is 291 g/mol. The highest BCUT2D eigenvalue weighted by molar-refractivity contribution is 5.79. The first-order chi connectivity index (χ1) is 10.7. The van der Waals surface area contributed by atoms with Crippen LogP contribution in [0.2, 0.25) is 0 Å². The predicted octanol–water partition coefficient (Wildman–Crippen LogP) is 3.44. The fraction of sp³-hybridized carbons (Fsp3) is 0.400. The number of nitrogens with one attached hydrogen (secondary N) is 1. The van der Waals surface area contributed by atoms with E-state index in [9.17, 15) is 5.11 Å². The molecule has 22 heavy (non-hydrogen) atoms. The lowest BCUT2D eigenvalue weighted by atomic mass is 9.73. The van der Waals surface area contributed by atoms with Gasteiger partial charge in [0.2, 0.25) is 0 Å². The van der Waals surface area contributed by atoms with Crippen molar-refractivity contribution < 1.29 is 5.11 Å². The summed E-state index contributed by atoms with van der Waals surface area (Å²) in [6.45, 7) is 0. The Labute approximate surface area is 131 Å². The smallest absolute Gasteiger partial charge is 0.0786 e. The van der Waals surface area contributed by atoms with Crippen LogP contribution in [0.4, 0.5) is 0 Å². The van der Waals surface area contributed by atoms with Crippen molar-refractivity contribution in [3.63, 3.8) is 0 Å². The second-order valence-electron chi connectivity index (χ2n) is 7.26. The molecule has 3 aliphatic rings. The maximum absolute atomic E-state index is 11.6. The molecule has 0 amide bonds. The summed E-state index contributed by atoms with van der Waals surface area (Å²) in [5, 5.41) is 15.3. The van der Waals surface area contributed by atoms with E-state index in [-0.39, 0.29) is 5.92 Å². The van der Waals surface area contributed by atoms with Gasteiger partial charge in [-0.2, -0.15) is 0 Å². The average molecular weight is 291 g/mol. The van der Waals surface area contributed by atoms with Crippen LogP contribution >= 0.6 is 0 Å². The Morgan fingerprint density at radius 2 is 1.32 bits per heavy atom. The van der Waals surface area contributed by atoms with Gasteiger partial charge in [0.05, 0.1) is 5.60 Å². The number of hydrogen-bond acceptors (Lipinski definition) is 2. The maximum Gasteiger partial charge on any atom is 0.0786 e. The Balaban J connectivity index is 1.68. The molecule has 2 aromatic rings. The molecule has 1 aliphatic carbocycles. The van der Waals surface area contributed by atoms with Crippen molar-refractivity contribution in [1.29, 1.82) is 0 Å². The molecule has 2 bridgehead atoms. The van der Waals surface area contributed by atoms with E-state index >= 15 is 0 Å². The minimum absolute atomic E-state index is 0.130. The fourth-order valence-corrected chi connectivity index (χ4v) is 5.13. The molecule has 2 nitrogen and oxygen atoms in total. The van der Waals surface area contributed by atoms with Crippen molar-refractivity contribution in [3.8, 4) is 11.1 Å². The third-order valence-corrected chi connectivity index (χ3v) is 5.91. The van der Waals surface area contributed by atoms with Gasteiger partial charge in [-0.05, 0) is 47.9 Å². The van der Waals surface area contributed by atoms with Gasteiger partial charge in [0.1, 0.15) is 0 Å². The van der Waals surface area contributed by atoms with Gasteiger partial charge in [0.15, 0.2) is 0 Å². The van der Waals surface area contributed by atoms with Gasteiger partial charge in [-0.15, -0.1) is 0 Å². The number of fused-ring (bicyclic) bond motifs is 5. The summed E-state index contributed by atoms with van der Waals surface area (Å²) < 4.78 is 0. The number of piperidine rings is 1. The number of rotatable bonds is 1. The van der Waals surface area contributed by atoms with E-state index in [1.807, 2.05) is 0 Å². The molecule has 2 saturated heterocycles. The van der Waals surface area contributed by atoms with E-state index in [1.54, 1.807) is 0 Å². The zero-order valence-corrected chi connectivity index (χ0v) is 12.6. The Hall–Kier alpha value is -1.64. The van der Waals surface area contributed by atoms with Gasteiger partial charge in [0.25, 0.3) is 0 Å². The molecular formula is C20H21NO. The fourth-order valence-electron chi connectivity index (χ4n) is 5.13. The van der Waals surface area contributed by atoms with E-state index in [2.05, 4.69) is 53.8 Å². The molecule has 2 aromatic carbocycles. The average Bonchev–Trinajstić information content (AvgIpc) is 3.05. The Morgan fingerprint density at radius 1 is 0.818 bits per heavy atom. The van der Waals surface area contributed by atoms with Gasteiger partial charge in [0, 0.05) is 18.0 Å². The van der Waals surface area contributed by atoms with Gasteiger partial charge >= 0.3 is 0 Å². The molecule has 0 saturated carbocycles. The van der Waals surface area contributed by atoms with Crippen LogP contribution < -0.4 is 5.32 Å². The minimum Gasteiger partial charge on any atom is -0.389 e. The first kappa shape index (κ1) is 12.9. The summed E-state index contributed by atoms with van der Waals surface area (Å²) in [4.78, 5) is 0. The van der Waals surface area contributed by atoms with Gasteiger partial charge in [-0.3, -0.25) is 0 Å². The van der Waals surface area contributed by atoms with Gasteiger partial charge in [-0.25, -0.2) is 0 Å². The third kappa shape index (κ3) is 1.68. The lowest BCUT2D eigenvalue weighted by molar-refractivity contribution is -0.0199. The molecule has 2 heteroatoms. The van der Waals surface area contributed by atoms with Crippen LogP contribution in [0.5, 0.6) is 0 Å². The second-order valence-corrected chi connectivity index (χ2v) is 7.26. The van der Waals surface area contributed by atoms with Crippen molar-refractivity contribution in [1.82, 2.24) is 5.32 Å². The summed E-state index contributed by atoms with van der Waals surface area (Å²) in [6.07, 6.45) is 4.17. The molecule has 0 spiro atoms. The highest BCUT2D eigenvalue weighted by Gasteiger charge is 2.50. The first-order valence-electron chi connectivity index (χ1n) is 8.41. The standard InChI is InChI=1S/C20H21NO/c22-20(11-13-9-10-14(12-20)21-13)19-17-7-3-1-5-15(17)16-6-2-4-8-18(16)19/h1-8,13-14,19,21-22H,9-12H2. The molecule has 112 valence electrons. The summed E-state index contributed by atoms with van der Waals surface area (Å²) in [5.41, 5.74) is 4.63. The summed E-state index contributed by atoms with van der Waals surface area (Å²) in [5.74, 6) is 0.130. The van der Waals surface area contributed by atoms with Crippen molar-refractivity contribution in [2.75, 3.05) is 0 Å². The number of aliphatic hydroxyl groups is 1. The molecule has 2 heterocycles. The minimum atomic E-state index is -0.611. The van der Waals surface area contributed by atoms with Crippen LogP contribution in [-0.4, -0.2) is 22.8 Å². The van der Waals surface area contributed by atoms with Crippen LogP contribution in [0.1, 0.15) is 42.7 Å². The third-order valence-electron chi connectivity index (χ3n) is 5.91. The second kappa shape index (κ2) is 4.43. The first-order valence-corrected chi connectivity index (χ1v) is 8.41. The quantitative estimate of drug-likeness (QED) is 0.843. The molecule has 5 rings (SSSR count). The molecular weight excluding hydrogens is 270 g/mol. The van der Waals surface area contributed by atoms with Crippen LogP contribution in [0.25, 0.3) is 11.1 Å². The van der Waals surface area contributed by atoms with Crippen LogP contribution in [0.15, 0.2) is 48.5 Å². The summed E-state index contributed by atoms with van der Waals surface area (Å²) in [6, 6.07) is 18.2. The van der Waals surface area contributed by atoms with E-state index in [0.717, 1.165) is 12.8 Å². The Kier molecular flexibility index (Phi) is 2.59. The molecule has 2 unspecified atom stereocenters. The number of benzene rings is 2.